The molecule has 0 aliphatic heterocycles. The first kappa shape index (κ1) is 38.5. The van der Waals surface area contributed by atoms with Crippen molar-refractivity contribution in [2.24, 2.45) is 0 Å². The van der Waals surface area contributed by atoms with Crippen LogP contribution >= 0.6 is 0 Å². The summed E-state index contributed by atoms with van der Waals surface area (Å²) in [5.41, 5.74) is 0. The quantitative estimate of drug-likeness (QED) is 0.168. The molecular weight excluding hydrogens is 512 g/mol. The fourth-order valence-electron chi connectivity index (χ4n) is 2.12. The fourth-order valence-corrected chi connectivity index (χ4v) is 3.79. The standard InChI is InChI=1S/3C6H14O3S.Fe/c3*1-2-3-4-5-6-10(7,8)9;/h3*2-6H2,1H3,(H,7,8,9);/q;;;+3/p-3. The van der Waals surface area contributed by atoms with Crippen molar-refractivity contribution in [3.63, 3.8) is 0 Å². The van der Waals surface area contributed by atoms with Crippen LogP contribution in [0, 0.1) is 0 Å². The Labute approximate surface area is 200 Å². The van der Waals surface area contributed by atoms with E-state index in [4.69, 9.17) is 0 Å². The van der Waals surface area contributed by atoms with E-state index in [1.807, 2.05) is 20.8 Å². The van der Waals surface area contributed by atoms with Crippen molar-refractivity contribution in [1.82, 2.24) is 0 Å². The minimum Gasteiger partial charge on any atom is -0.748 e. The Morgan fingerprint density at radius 3 is 0.742 bits per heavy atom. The zero-order valence-corrected chi connectivity index (χ0v) is 22.4. The van der Waals surface area contributed by atoms with Gasteiger partial charge in [0.1, 0.15) is 0 Å². The molecule has 0 fully saturated rings. The minimum atomic E-state index is -3.95. The van der Waals surface area contributed by atoms with Gasteiger partial charge in [0, 0.05) is 17.3 Å². The summed E-state index contributed by atoms with van der Waals surface area (Å²) in [7, 11) is -11.9. The van der Waals surface area contributed by atoms with Gasteiger partial charge < -0.3 is 13.7 Å². The van der Waals surface area contributed by atoms with Crippen molar-refractivity contribution in [2.75, 3.05) is 17.3 Å². The van der Waals surface area contributed by atoms with Crippen molar-refractivity contribution in [1.29, 1.82) is 0 Å². The van der Waals surface area contributed by atoms with Crippen LogP contribution in [0.25, 0.3) is 0 Å². The molecule has 0 unspecified atom stereocenters. The van der Waals surface area contributed by atoms with E-state index in [9.17, 15) is 38.9 Å². The van der Waals surface area contributed by atoms with E-state index in [2.05, 4.69) is 0 Å². The molecular formula is C18H39FeO9S3. The molecule has 0 N–H and O–H groups in total. The van der Waals surface area contributed by atoms with Gasteiger partial charge in [-0.15, -0.1) is 0 Å². The van der Waals surface area contributed by atoms with Gasteiger partial charge in [-0.2, -0.15) is 0 Å². The molecule has 31 heavy (non-hydrogen) atoms. The molecule has 0 heterocycles. The van der Waals surface area contributed by atoms with E-state index in [0.29, 0.717) is 19.3 Å². The summed E-state index contributed by atoms with van der Waals surface area (Å²) in [5.74, 6) is -0.604. The van der Waals surface area contributed by atoms with Crippen molar-refractivity contribution in [3.8, 4) is 0 Å². The first-order valence-corrected chi connectivity index (χ1v) is 15.2. The zero-order chi connectivity index (χ0) is 24.1. The maximum Gasteiger partial charge on any atom is 3.00 e. The van der Waals surface area contributed by atoms with Crippen LogP contribution in [-0.2, 0) is 47.4 Å². The van der Waals surface area contributed by atoms with E-state index < -0.39 is 30.4 Å². The molecule has 191 valence electrons. The van der Waals surface area contributed by atoms with Crippen molar-refractivity contribution < 1.29 is 56.0 Å². The maximum absolute atomic E-state index is 10.0. The zero-order valence-electron chi connectivity index (χ0n) is 18.9. The summed E-state index contributed by atoms with van der Waals surface area (Å²) < 4.78 is 90.3. The molecule has 0 atom stereocenters. The largest absolute Gasteiger partial charge is 3.00 e. The molecule has 1 radical (unpaired) electrons. The Kier molecular flexibility index (Phi) is 29.1. The van der Waals surface area contributed by atoms with Crippen LogP contribution in [0.5, 0.6) is 0 Å². The first-order valence-electron chi connectivity index (χ1n) is 10.5. The Morgan fingerprint density at radius 2 is 0.613 bits per heavy atom. The molecule has 0 aliphatic carbocycles. The van der Waals surface area contributed by atoms with Gasteiger partial charge >= 0.3 is 17.1 Å². The fraction of sp³-hybridized carbons (Fsp3) is 1.00. The van der Waals surface area contributed by atoms with Gasteiger partial charge in [0.25, 0.3) is 0 Å². The third kappa shape index (κ3) is 53.5. The van der Waals surface area contributed by atoms with Crippen LogP contribution in [0.15, 0.2) is 0 Å². The van der Waals surface area contributed by atoms with E-state index in [0.717, 1.165) is 57.8 Å². The predicted octanol–water partition coefficient (Wildman–Crippen LogP) is 3.33. The molecule has 0 aliphatic rings. The number of hydrogen-bond donors (Lipinski definition) is 0. The summed E-state index contributed by atoms with van der Waals surface area (Å²) in [6, 6.07) is 0. The summed E-state index contributed by atoms with van der Waals surface area (Å²) in [6.45, 7) is 6.10. The van der Waals surface area contributed by atoms with Gasteiger partial charge in [0.15, 0.2) is 0 Å². The van der Waals surface area contributed by atoms with Crippen LogP contribution in [-0.4, -0.2) is 56.2 Å². The van der Waals surface area contributed by atoms with Gasteiger partial charge in [-0.25, -0.2) is 25.3 Å². The van der Waals surface area contributed by atoms with Crippen molar-refractivity contribution in [2.45, 2.75) is 97.8 Å². The third-order valence-electron chi connectivity index (χ3n) is 3.74. The second-order valence-corrected chi connectivity index (χ2v) is 11.5. The summed E-state index contributed by atoms with van der Waals surface area (Å²) >= 11 is 0. The van der Waals surface area contributed by atoms with Crippen molar-refractivity contribution in [3.05, 3.63) is 0 Å². The van der Waals surface area contributed by atoms with Gasteiger partial charge in [-0.3, -0.25) is 0 Å². The molecule has 0 aromatic rings. The number of hydrogen-bond acceptors (Lipinski definition) is 9. The Bertz CT molecular complexity index is 581. The van der Waals surface area contributed by atoms with E-state index in [-0.39, 0.29) is 34.3 Å². The second kappa shape index (κ2) is 23.4. The van der Waals surface area contributed by atoms with Gasteiger partial charge in [-0.05, 0) is 19.3 Å². The Morgan fingerprint density at radius 1 is 0.419 bits per heavy atom. The van der Waals surface area contributed by atoms with Crippen LogP contribution in [0.1, 0.15) is 97.8 Å². The molecule has 0 saturated carbocycles. The number of rotatable bonds is 15. The first-order chi connectivity index (χ1) is 13.7. The molecule has 0 amide bonds. The molecule has 0 saturated heterocycles. The van der Waals surface area contributed by atoms with Crippen LogP contribution in [0.3, 0.4) is 0 Å². The van der Waals surface area contributed by atoms with Gasteiger partial charge in [0.05, 0.1) is 30.4 Å². The minimum absolute atomic E-state index is 0. The van der Waals surface area contributed by atoms with Crippen molar-refractivity contribution >= 4 is 30.4 Å². The molecule has 13 heteroatoms. The van der Waals surface area contributed by atoms with Gasteiger partial charge in [0.2, 0.25) is 0 Å². The molecule has 0 aromatic heterocycles. The van der Waals surface area contributed by atoms with Crippen LogP contribution in [0.4, 0.5) is 0 Å². The SMILES string of the molecule is CCCCCCS(=O)(=O)[O-].CCCCCCS(=O)(=O)[O-].CCCCCCS(=O)(=O)[O-].[Fe+3]. The normalized spacial score (nSPS) is 11.4. The summed E-state index contributed by atoms with van der Waals surface area (Å²) in [5, 5.41) is 0. The molecule has 9 nitrogen and oxygen atoms in total. The summed E-state index contributed by atoms with van der Waals surface area (Å²) in [4.78, 5) is 0. The Hall–Kier alpha value is 0.249. The predicted molar refractivity (Wildman–Crippen MR) is 116 cm³/mol. The molecule has 0 spiro atoms. The van der Waals surface area contributed by atoms with Crippen LogP contribution in [0.2, 0.25) is 0 Å². The third-order valence-corrected chi connectivity index (χ3v) is 6.11. The monoisotopic (exact) mass is 551 g/mol. The number of unbranched alkanes of at least 4 members (excludes halogenated alkanes) is 9. The second-order valence-electron chi connectivity index (χ2n) is 6.97. The average Bonchev–Trinajstić information content (AvgIpc) is 2.58. The van der Waals surface area contributed by atoms with Crippen LogP contribution < -0.4 is 0 Å². The topological polar surface area (TPSA) is 172 Å². The van der Waals surface area contributed by atoms with E-state index >= 15 is 0 Å². The molecule has 0 bridgehead atoms. The van der Waals surface area contributed by atoms with E-state index in [1.165, 1.54) is 0 Å². The smallest absolute Gasteiger partial charge is 0.748 e. The molecule has 0 rings (SSSR count). The van der Waals surface area contributed by atoms with Gasteiger partial charge in [-0.1, -0.05) is 78.6 Å². The average molecular weight is 552 g/mol. The summed E-state index contributed by atoms with van der Waals surface area (Å²) in [6.07, 6.45) is 10.3. The molecule has 0 aromatic carbocycles. The maximum atomic E-state index is 10.0. The Balaban J connectivity index is -0.000000174. The van der Waals surface area contributed by atoms with E-state index in [1.54, 1.807) is 0 Å².